The number of para-hydroxylation sites is 1. The van der Waals surface area contributed by atoms with Crippen LogP contribution in [0.3, 0.4) is 0 Å². The molecular formula is C11H17NS. The first-order valence-electron chi connectivity index (χ1n) is 4.74. The van der Waals surface area contributed by atoms with Crippen LogP contribution in [0.1, 0.15) is 38.2 Å². The summed E-state index contributed by atoms with van der Waals surface area (Å²) in [5, 5.41) is 0. The van der Waals surface area contributed by atoms with Crippen LogP contribution >= 0.6 is 12.6 Å². The van der Waals surface area contributed by atoms with Crippen LogP contribution in [-0.2, 0) is 0 Å². The molecule has 2 N–H and O–H groups in total. The molecule has 1 aromatic rings. The van der Waals surface area contributed by atoms with Gasteiger partial charge in [0.25, 0.3) is 0 Å². The number of nitrogens with two attached hydrogens (primary N) is 1. The summed E-state index contributed by atoms with van der Waals surface area (Å²) in [6.07, 6.45) is 2.37. The summed E-state index contributed by atoms with van der Waals surface area (Å²) in [7, 11) is 0. The van der Waals surface area contributed by atoms with Gasteiger partial charge in [0.1, 0.15) is 0 Å². The third-order valence-corrected chi connectivity index (χ3v) is 2.76. The first kappa shape index (κ1) is 10.5. The molecule has 0 heterocycles. The van der Waals surface area contributed by atoms with E-state index in [9.17, 15) is 0 Å². The summed E-state index contributed by atoms with van der Waals surface area (Å²) in [6, 6.07) is 6.04. The van der Waals surface area contributed by atoms with Gasteiger partial charge in [-0.15, -0.1) is 12.6 Å². The minimum absolute atomic E-state index is 0.539. The highest BCUT2D eigenvalue weighted by Crippen LogP contribution is 2.29. The monoisotopic (exact) mass is 195 g/mol. The molecule has 72 valence electrons. The summed E-state index contributed by atoms with van der Waals surface area (Å²) in [4.78, 5) is 0.889. The Kier molecular flexibility index (Phi) is 3.67. The van der Waals surface area contributed by atoms with Crippen LogP contribution < -0.4 is 5.73 Å². The molecule has 0 spiro atoms. The van der Waals surface area contributed by atoms with Crippen molar-refractivity contribution in [1.82, 2.24) is 0 Å². The highest BCUT2D eigenvalue weighted by atomic mass is 32.1. The molecule has 0 fully saturated rings. The van der Waals surface area contributed by atoms with E-state index >= 15 is 0 Å². The Bertz CT molecular complexity index is 283. The Morgan fingerprint density at radius 3 is 2.77 bits per heavy atom. The zero-order chi connectivity index (χ0) is 9.84. The maximum absolute atomic E-state index is 5.94. The van der Waals surface area contributed by atoms with Crippen molar-refractivity contribution in [2.24, 2.45) is 0 Å². The molecule has 1 nitrogen and oxygen atoms in total. The Morgan fingerprint density at radius 1 is 1.46 bits per heavy atom. The molecule has 13 heavy (non-hydrogen) atoms. The molecule has 0 aliphatic rings. The van der Waals surface area contributed by atoms with Gasteiger partial charge in [-0.3, -0.25) is 0 Å². The van der Waals surface area contributed by atoms with Crippen molar-refractivity contribution in [1.29, 1.82) is 0 Å². The van der Waals surface area contributed by atoms with Crippen LogP contribution in [0, 0.1) is 0 Å². The van der Waals surface area contributed by atoms with Gasteiger partial charge in [0.2, 0.25) is 0 Å². The number of thiol groups is 1. The lowest BCUT2D eigenvalue weighted by atomic mass is 9.95. The molecule has 0 aliphatic heterocycles. The van der Waals surface area contributed by atoms with E-state index in [4.69, 9.17) is 5.73 Å². The quantitative estimate of drug-likeness (QED) is 0.560. The smallest absolute Gasteiger partial charge is 0.0484 e. The lowest BCUT2D eigenvalue weighted by Crippen LogP contribution is -1.99. The number of rotatable bonds is 3. The SMILES string of the molecule is CCCC(C)c1cccc(S)c1N. The predicted molar refractivity (Wildman–Crippen MR) is 61.4 cm³/mol. The molecular weight excluding hydrogens is 178 g/mol. The van der Waals surface area contributed by atoms with E-state index in [-0.39, 0.29) is 0 Å². The first-order valence-corrected chi connectivity index (χ1v) is 5.18. The number of nitrogen functional groups attached to an aromatic ring is 1. The Morgan fingerprint density at radius 2 is 2.15 bits per heavy atom. The average molecular weight is 195 g/mol. The fourth-order valence-corrected chi connectivity index (χ4v) is 1.80. The maximum Gasteiger partial charge on any atom is 0.0484 e. The van der Waals surface area contributed by atoms with Crippen molar-refractivity contribution < 1.29 is 0 Å². The molecule has 0 amide bonds. The van der Waals surface area contributed by atoms with Gasteiger partial charge in [-0.2, -0.15) is 0 Å². The zero-order valence-corrected chi connectivity index (χ0v) is 9.14. The Hall–Kier alpha value is -0.630. The second-order valence-corrected chi connectivity index (χ2v) is 3.95. The average Bonchev–Trinajstić information content (AvgIpc) is 2.10. The minimum Gasteiger partial charge on any atom is -0.398 e. The highest BCUT2D eigenvalue weighted by Gasteiger charge is 2.08. The van der Waals surface area contributed by atoms with Crippen LogP contribution in [0.25, 0.3) is 0 Å². The van der Waals surface area contributed by atoms with Crippen LogP contribution in [0.4, 0.5) is 5.69 Å². The molecule has 1 rings (SSSR count). The molecule has 1 aromatic carbocycles. The maximum atomic E-state index is 5.94. The zero-order valence-electron chi connectivity index (χ0n) is 8.25. The van der Waals surface area contributed by atoms with Crippen molar-refractivity contribution in [3.05, 3.63) is 23.8 Å². The van der Waals surface area contributed by atoms with Crippen molar-refractivity contribution in [3.8, 4) is 0 Å². The number of hydrogen-bond acceptors (Lipinski definition) is 2. The molecule has 0 saturated heterocycles. The summed E-state index contributed by atoms with van der Waals surface area (Å²) < 4.78 is 0. The number of anilines is 1. The van der Waals surface area contributed by atoms with E-state index in [0.717, 1.165) is 10.6 Å². The van der Waals surface area contributed by atoms with Crippen molar-refractivity contribution in [2.45, 2.75) is 37.5 Å². The highest BCUT2D eigenvalue weighted by molar-refractivity contribution is 7.80. The Labute approximate surface area is 85.8 Å². The normalized spacial score (nSPS) is 12.8. The van der Waals surface area contributed by atoms with Crippen LogP contribution in [0.5, 0.6) is 0 Å². The number of hydrogen-bond donors (Lipinski definition) is 2. The lowest BCUT2D eigenvalue weighted by molar-refractivity contribution is 0.665. The van der Waals surface area contributed by atoms with Gasteiger partial charge in [0.15, 0.2) is 0 Å². The van der Waals surface area contributed by atoms with Gasteiger partial charge in [0.05, 0.1) is 0 Å². The number of benzene rings is 1. The molecule has 0 saturated carbocycles. The van der Waals surface area contributed by atoms with Crippen LogP contribution in [0.15, 0.2) is 23.1 Å². The fraction of sp³-hybridized carbons (Fsp3) is 0.455. The molecule has 0 bridgehead atoms. The van der Waals surface area contributed by atoms with Crippen molar-refractivity contribution >= 4 is 18.3 Å². The molecule has 0 aliphatic carbocycles. The topological polar surface area (TPSA) is 26.0 Å². The summed E-state index contributed by atoms with van der Waals surface area (Å²) >= 11 is 4.31. The van der Waals surface area contributed by atoms with Crippen molar-refractivity contribution in [2.75, 3.05) is 5.73 Å². The second kappa shape index (κ2) is 4.56. The summed E-state index contributed by atoms with van der Waals surface area (Å²) in [5.74, 6) is 0.539. The minimum atomic E-state index is 0.539. The predicted octanol–water partition coefficient (Wildman–Crippen LogP) is 3.46. The molecule has 0 radical (unpaired) electrons. The van der Waals surface area contributed by atoms with Crippen LogP contribution in [0.2, 0.25) is 0 Å². The van der Waals surface area contributed by atoms with Gasteiger partial charge in [-0.05, 0) is 24.0 Å². The van der Waals surface area contributed by atoms with E-state index in [2.05, 4.69) is 32.5 Å². The molecule has 0 aromatic heterocycles. The Balaban J connectivity index is 2.93. The molecule has 1 unspecified atom stereocenters. The molecule has 2 heteroatoms. The van der Waals surface area contributed by atoms with Crippen molar-refractivity contribution in [3.63, 3.8) is 0 Å². The third-order valence-electron chi connectivity index (χ3n) is 2.37. The first-order chi connectivity index (χ1) is 6.16. The standard InChI is InChI=1S/C11H17NS/c1-3-5-8(2)9-6-4-7-10(13)11(9)12/h4,6-8,13H,3,5,12H2,1-2H3. The van der Waals surface area contributed by atoms with Gasteiger partial charge in [0, 0.05) is 10.6 Å². The van der Waals surface area contributed by atoms with E-state index in [1.165, 1.54) is 18.4 Å². The lowest BCUT2D eigenvalue weighted by Gasteiger charge is -2.14. The summed E-state index contributed by atoms with van der Waals surface area (Å²) in [5.41, 5.74) is 8.01. The van der Waals surface area contributed by atoms with Gasteiger partial charge >= 0.3 is 0 Å². The fourth-order valence-electron chi connectivity index (χ4n) is 1.59. The van der Waals surface area contributed by atoms with E-state index in [0.29, 0.717) is 5.92 Å². The van der Waals surface area contributed by atoms with E-state index < -0.39 is 0 Å². The van der Waals surface area contributed by atoms with Crippen LogP contribution in [-0.4, -0.2) is 0 Å². The van der Waals surface area contributed by atoms with E-state index in [1.54, 1.807) is 0 Å². The largest absolute Gasteiger partial charge is 0.398 e. The van der Waals surface area contributed by atoms with Gasteiger partial charge in [-0.25, -0.2) is 0 Å². The van der Waals surface area contributed by atoms with Gasteiger partial charge in [-0.1, -0.05) is 32.4 Å². The third kappa shape index (κ3) is 2.41. The molecule has 1 atom stereocenters. The van der Waals surface area contributed by atoms with E-state index in [1.807, 2.05) is 12.1 Å². The second-order valence-electron chi connectivity index (χ2n) is 3.47. The van der Waals surface area contributed by atoms with Gasteiger partial charge < -0.3 is 5.73 Å². The summed E-state index contributed by atoms with van der Waals surface area (Å²) in [6.45, 7) is 4.40.